The van der Waals surface area contributed by atoms with E-state index in [4.69, 9.17) is 0 Å². The average molecular weight is 402 g/mol. The molecule has 0 unspecified atom stereocenters. The molecule has 1 aromatic carbocycles. The molecule has 114 valence electrons. The molecule has 1 saturated carbocycles. The number of urea groups is 1. The largest absolute Gasteiger partial charge is 0.480 e. The van der Waals surface area contributed by atoms with Gasteiger partial charge in [-0.2, -0.15) is 0 Å². The van der Waals surface area contributed by atoms with Crippen molar-refractivity contribution in [2.45, 2.75) is 44.1 Å². The molecule has 2 rings (SSSR count). The zero-order valence-electron chi connectivity index (χ0n) is 11.7. The SMILES string of the molecule is O=C(Nc1ccc(I)cc1)NC1(C(=O)O)CCCCCC1. The van der Waals surface area contributed by atoms with Gasteiger partial charge in [-0.15, -0.1) is 0 Å². The zero-order valence-corrected chi connectivity index (χ0v) is 13.9. The lowest BCUT2D eigenvalue weighted by Gasteiger charge is -2.29. The van der Waals surface area contributed by atoms with Crippen LogP contribution in [0.5, 0.6) is 0 Å². The third-order valence-corrected chi connectivity index (χ3v) is 4.54. The molecule has 0 radical (unpaired) electrons. The Kier molecular flexibility index (Phi) is 5.44. The van der Waals surface area contributed by atoms with E-state index < -0.39 is 17.5 Å². The van der Waals surface area contributed by atoms with E-state index in [2.05, 4.69) is 33.2 Å². The normalized spacial score (nSPS) is 17.6. The number of carboxylic acid groups (broad SMARTS) is 1. The molecule has 1 aliphatic carbocycles. The van der Waals surface area contributed by atoms with E-state index >= 15 is 0 Å². The van der Waals surface area contributed by atoms with E-state index in [9.17, 15) is 14.7 Å². The van der Waals surface area contributed by atoms with Gasteiger partial charge in [0.15, 0.2) is 0 Å². The second kappa shape index (κ2) is 7.11. The number of hydrogen-bond donors (Lipinski definition) is 3. The van der Waals surface area contributed by atoms with E-state index in [-0.39, 0.29) is 0 Å². The third-order valence-electron chi connectivity index (χ3n) is 3.82. The molecule has 1 aliphatic rings. The number of anilines is 1. The van der Waals surface area contributed by atoms with Gasteiger partial charge in [-0.3, -0.25) is 0 Å². The fourth-order valence-electron chi connectivity index (χ4n) is 2.64. The maximum atomic E-state index is 12.1. The molecule has 0 heterocycles. The second-order valence-electron chi connectivity index (χ2n) is 5.39. The van der Waals surface area contributed by atoms with Crippen molar-refractivity contribution in [1.82, 2.24) is 5.32 Å². The van der Waals surface area contributed by atoms with Crippen molar-refractivity contribution in [2.24, 2.45) is 0 Å². The van der Waals surface area contributed by atoms with Crippen molar-refractivity contribution in [1.29, 1.82) is 0 Å². The highest BCUT2D eigenvalue weighted by Crippen LogP contribution is 2.27. The van der Waals surface area contributed by atoms with Crippen LogP contribution in [-0.4, -0.2) is 22.6 Å². The summed E-state index contributed by atoms with van der Waals surface area (Å²) in [5.74, 6) is -0.942. The van der Waals surface area contributed by atoms with Crippen LogP contribution in [0.2, 0.25) is 0 Å². The van der Waals surface area contributed by atoms with Crippen molar-refractivity contribution in [3.63, 3.8) is 0 Å². The van der Waals surface area contributed by atoms with E-state index in [1.54, 1.807) is 12.1 Å². The van der Waals surface area contributed by atoms with Crippen molar-refractivity contribution >= 4 is 40.3 Å². The molecule has 0 saturated heterocycles. The summed E-state index contributed by atoms with van der Waals surface area (Å²) < 4.78 is 1.07. The molecule has 0 atom stereocenters. The number of rotatable bonds is 3. The monoisotopic (exact) mass is 402 g/mol. The summed E-state index contributed by atoms with van der Waals surface area (Å²) in [6.45, 7) is 0. The minimum absolute atomic E-state index is 0.458. The van der Waals surface area contributed by atoms with Crippen LogP contribution >= 0.6 is 22.6 Å². The molecule has 2 amide bonds. The minimum Gasteiger partial charge on any atom is -0.480 e. The summed E-state index contributed by atoms with van der Waals surface area (Å²) in [4.78, 5) is 23.7. The first-order valence-corrected chi connectivity index (χ1v) is 8.18. The Morgan fingerprint density at radius 1 is 1.05 bits per heavy atom. The molecular weight excluding hydrogens is 383 g/mol. The summed E-state index contributed by atoms with van der Waals surface area (Å²) in [5, 5.41) is 14.9. The van der Waals surface area contributed by atoms with Gasteiger partial charge in [0.25, 0.3) is 0 Å². The highest BCUT2D eigenvalue weighted by Gasteiger charge is 2.40. The van der Waals surface area contributed by atoms with Crippen molar-refractivity contribution < 1.29 is 14.7 Å². The lowest BCUT2D eigenvalue weighted by molar-refractivity contribution is -0.145. The Bertz CT molecular complexity index is 508. The van der Waals surface area contributed by atoms with Crippen LogP contribution in [0.1, 0.15) is 38.5 Å². The molecule has 21 heavy (non-hydrogen) atoms. The van der Waals surface area contributed by atoms with Crippen LogP contribution in [0.3, 0.4) is 0 Å². The predicted octanol–water partition coefficient (Wildman–Crippen LogP) is 3.59. The first kappa shape index (κ1) is 16.1. The van der Waals surface area contributed by atoms with E-state index in [1.165, 1.54) is 0 Å². The number of hydrogen-bond acceptors (Lipinski definition) is 2. The first-order valence-electron chi connectivity index (χ1n) is 7.10. The third kappa shape index (κ3) is 4.33. The zero-order chi connectivity index (χ0) is 15.3. The van der Waals surface area contributed by atoms with Gasteiger partial charge < -0.3 is 15.7 Å². The van der Waals surface area contributed by atoms with Crippen LogP contribution in [0.15, 0.2) is 24.3 Å². The molecule has 1 aromatic rings. The van der Waals surface area contributed by atoms with Gasteiger partial charge in [-0.1, -0.05) is 25.7 Å². The molecule has 0 bridgehead atoms. The van der Waals surface area contributed by atoms with Crippen molar-refractivity contribution in [3.05, 3.63) is 27.8 Å². The number of aliphatic carboxylic acids is 1. The number of halogens is 1. The molecule has 6 heteroatoms. The highest BCUT2D eigenvalue weighted by molar-refractivity contribution is 14.1. The maximum Gasteiger partial charge on any atom is 0.329 e. The minimum atomic E-state index is -1.14. The van der Waals surface area contributed by atoms with Gasteiger partial charge in [0, 0.05) is 9.26 Å². The molecule has 0 aliphatic heterocycles. The van der Waals surface area contributed by atoms with E-state index in [0.29, 0.717) is 18.5 Å². The summed E-state index contributed by atoms with van der Waals surface area (Å²) in [6.07, 6.45) is 4.68. The van der Waals surface area contributed by atoms with E-state index in [1.807, 2.05) is 12.1 Å². The summed E-state index contributed by atoms with van der Waals surface area (Å²) in [6, 6.07) is 6.90. The van der Waals surface area contributed by atoms with Gasteiger partial charge in [-0.25, -0.2) is 9.59 Å². The summed E-state index contributed by atoms with van der Waals surface area (Å²) in [5.41, 5.74) is -0.480. The Morgan fingerprint density at radius 3 is 2.14 bits per heavy atom. The van der Waals surface area contributed by atoms with Gasteiger partial charge in [0.05, 0.1) is 0 Å². The average Bonchev–Trinajstić information content (AvgIpc) is 2.68. The lowest BCUT2D eigenvalue weighted by Crippen LogP contribution is -2.55. The molecule has 1 fully saturated rings. The summed E-state index contributed by atoms with van der Waals surface area (Å²) >= 11 is 2.18. The van der Waals surface area contributed by atoms with Crippen LogP contribution < -0.4 is 10.6 Å². The number of nitrogens with one attached hydrogen (secondary N) is 2. The van der Waals surface area contributed by atoms with Crippen LogP contribution in [0.25, 0.3) is 0 Å². The van der Waals surface area contributed by atoms with Gasteiger partial charge >= 0.3 is 12.0 Å². The molecule has 5 nitrogen and oxygen atoms in total. The highest BCUT2D eigenvalue weighted by atomic mass is 127. The van der Waals surface area contributed by atoms with Gasteiger partial charge in [0.1, 0.15) is 5.54 Å². The van der Waals surface area contributed by atoms with Crippen molar-refractivity contribution in [3.8, 4) is 0 Å². The summed E-state index contributed by atoms with van der Waals surface area (Å²) in [7, 11) is 0. The molecule has 3 N–H and O–H groups in total. The number of carbonyl (C=O) groups is 2. The second-order valence-corrected chi connectivity index (χ2v) is 6.63. The Balaban J connectivity index is 2.04. The van der Waals surface area contributed by atoms with Gasteiger partial charge in [-0.05, 0) is 59.7 Å². The number of amides is 2. The standard InChI is InChI=1S/C15H19IN2O3/c16-11-5-7-12(8-6-11)17-14(21)18-15(13(19)20)9-3-1-2-4-10-15/h5-8H,1-4,9-10H2,(H,19,20)(H2,17,18,21). The number of benzene rings is 1. The fraction of sp³-hybridized carbons (Fsp3) is 0.467. The predicted molar refractivity (Wildman–Crippen MR) is 89.4 cm³/mol. The van der Waals surface area contributed by atoms with Crippen LogP contribution in [0, 0.1) is 3.57 Å². The number of carboxylic acids is 1. The quantitative estimate of drug-likeness (QED) is 0.534. The number of carbonyl (C=O) groups excluding carboxylic acids is 1. The Morgan fingerprint density at radius 2 is 1.62 bits per heavy atom. The Hall–Kier alpha value is -1.31. The van der Waals surface area contributed by atoms with Crippen LogP contribution in [0.4, 0.5) is 10.5 Å². The maximum absolute atomic E-state index is 12.1. The fourth-order valence-corrected chi connectivity index (χ4v) is 3.00. The smallest absolute Gasteiger partial charge is 0.329 e. The lowest BCUT2D eigenvalue weighted by atomic mass is 9.90. The first-order chi connectivity index (χ1) is 10.0. The van der Waals surface area contributed by atoms with E-state index in [0.717, 1.165) is 29.3 Å². The Labute approximate surface area is 137 Å². The molecule has 0 aromatic heterocycles. The van der Waals surface area contributed by atoms with Crippen molar-refractivity contribution in [2.75, 3.05) is 5.32 Å². The topological polar surface area (TPSA) is 78.4 Å². The molecule has 0 spiro atoms. The van der Waals surface area contributed by atoms with Gasteiger partial charge in [0.2, 0.25) is 0 Å². The molecular formula is C15H19IN2O3. The van der Waals surface area contributed by atoms with Crippen LogP contribution in [-0.2, 0) is 4.79 Å².